The van der Waals surface area contributed by atoms with E-state index >= 15 is 0 Å². The second kappa shape index (κ2) is 7.51. The van der Waals surface area contributed by atoms with Crippen molar-refractivity contribution in [3.63, 3.8) is 0 Å². The molecule has 0 amide bonds. The molecular weight excluding hydrogens is 320 g/mol. The Hall–Kier alpha value is -2.31. The molecule has 1 unspecified atom stereocenters. The Bertz CT molecular complexity index is 754. The molecule has 0 aromatic heterocycles. The molecule has 0 aliphatic carbocycles. The maximum Gasteiger partial charge on any atom is 0.124 e. The van der Waals surface area contributed by atoms with Gasteiger partial charge < -0.3 is 9.64 Å². The SMILES string of the molecule is N#CC1(CCCN2CCCCC2)c2ccccc2COc2ccccc21. The van der Waals surface area contributed by atoms with E-state index in [-0.39, 0.29) is 0 Å². The highest BCUT2D eigenvalue weighted by Gasteiger charge is 2.40. The molecule has 2 aliphatic heterocycles. The van der Waals surface area contributed by atoms with E-state index in [0.717, 1.165) is 41.8 Å². The number of rotatable bonds is 4. The smallest absolute Gasteiger partial charge is 0.124 e. The number of benzene rings is 2. The third-order valence-corrected chi connectivity index (χ3v) is 5.87. The van der Waals surface area contributed by atoms with E-state index in [1.54, 1.807) is 0 Å². The Morgan fingerprint density at radius 3 is 2.50 bits per heavy atom. The van der Waals surface area contributed by atoms with E-state index in [9.17, 15) is 5.26 Å². The predicted molar refractivity (Wildman–Crippen MR) is 103 cm³/mol. The summed E-state index contributed by atoms with van der Waals surface area (Å²) in [5.41, 5.74) is 2.64. The fourth-order valence-electron chi connectivity index (χ4n) is 4.50. The van der Waals surface area contributed by atoms with Gasteiger partial charge in [0, 0.05) is 5.56 Å². The number of nitriles is 1. The number of fused-ring (bicyclic) bond motifs is 2. The number of nitrogens with zero attached hydrogens (tertiary/aromatic N) is 2. The summed E-state index contributed by atoms with van der Waals surface area (Å²) in [7, 11) is 0. The highest BCUT2D eigenvalue weighted by Crippen LogP contribution is 2.44. The van der Waals surface area contributed by atoms with Crippen LogP contribution in [0.2, 0.25) is 0 Å². The van der Waals surface area contributed by atoms with Crippen LogP contribution < -0.4 is 4.74 Å². The lowest BCUT2D eigenvalue weighted by Crippen LogP contribution is -2.33. The summed E-state index contributed by atoms with van der Waals surface area (Å²) >= 11 is 0. The Balaban J connectivity index is 1.67. The Labute approximate surface area is 156 Å². The minimum atomic E-state index is -0.626. The quantitative estimate of drug-likeness (QED) is 0.808. The number of hydrogen-bond acceptors (Lipinski definition) is 3. The lowest BCUT2D eigenvalue weighted by molar-refractivity contribution is 0.221. The van der Waals surface area contributed by atoms with Crippen LogP contribution in [0.4, 0.5) is 0 Å². The largest absolute Gasteiger partial charge is 0.489 e. The van der Waals surface area contributed by atoms with Crippen LogP contribution in [0.1, 0.15) is 48.8 Å². The van der Waals surface area contributed by atoms with Crippen LogP contribution in [-0.4, -0.2) is 24.5 Å². The molecule has 0 N–H and O–H groups in total. The fourth-order valence-corrected chi connectivity index (χ4v) is 4.50. The molecule has 26 heavy (non-hydrogen) atoms. The highest BCUT2D eigenvalue weighted by atomic mass is 16.5. The lowest BCUT2D eigenvalue weighted by Gasteiger charge is -2.31. The molecule has 2 aromatic rings. The molecule has 2 aliphatic rings. The Morgan fingerprint density at radius 1 is 0.962 bits per heavy atom. The Morgan fingerprint density at radius 2 is 1.69 bits per heavy atom. The molecule has 2 heterocycles. The maximum atomic E-state index is 10.4. The molecule has 4 rings (SSSR count). The number of likely N-dealkylation sites (tertiary alicyclic amines) is 1. The zero-order valence-corrected chi connectivity index (χ0v) is 15.3. The molecule has 0 saturated carbocycles. The molecule has 0 bridgehead atoms. The summed E-state index contributed by atoms with van der Waals surface area (Å²) in [6.07, 6.45) is 5.83. The van der Waals surface area contributed by atoms with Crippen molar-refractivity contribution in [2.75, 3.05) is 19.6 Å². The van der Waals surface area contributed by atoms with Gasteiger partial charge in [0.2, 0.25) is 0 Å². The van der Waals surface area contributed by atoms with Crippen LogP contribution in [0.15, 0.2) is 48.5 Å². The zero-order valence-electron chi connectivity index (χ0n) is 15.3. The van der Waals surface area contributed by atoms with Gasteiger partial charge >= 0.3 is 0 Å². The average molecular weight is 346 g/mol. The van der Waals surface area contributed by atoms with Crippen LogP contribution in [0.3, 0.4) is 0 Å². The molecule has 0 spiro atoms. The molecule has 1 atom stereocenters. The van der Waals surface area contributed by atoms with Crippen LogP contribution in [0.25, 0.3) is 0 Å². The van der Waals surface area contributed by atoms with Gasteiger partial charge in [-0.15, -0.1) is 0 Å². The number of ether oxygens (including phenoxy) is 1. The van der Waals surface area contributed by atoms with Gasteiger partial charge in [-0.05, 0) is 62.5 Å². The molecule has 134 valence electrons. The van der Waals surface area contributed by atoms with Crippen molar-refractivity contribution in [3.05, 3.63) is 65.2 Å². The molecule has 3 nitrogen and oxygen atoms in total. The Kier molecular flexibility index (Phi) is 4.95. The summed E-state index contributed by atoms with van der Waals surface area (Å²) in [5, 5.41) is 10.4. The van der Waals surface area contributed by atoms with Gasteiger partial charge in [-0.2, -0.15) is 5.26 Å². The molecule has 2 aromatic carbocycles. The summed E-state index contributed by atoms with van der Waals surface area (Å²) in [6, 6.07) is 19.1. The van der Waals surface area contributed by atoms with Crippen LogP contribution >= 0.6 is 0 Å². The number of piperidine rings is 1. The first-order valence-corrected chi connectivity index (χ1v) is 9.78. The number of para-hydroxylation sites is 1. The van der Waals surface area contributed by atoms with E-state index in [2.05, 4.69) is 29.2 Å². The van der Waals surface area contributed by atoms with Crippen molar-refractivity contribution in [3.8, 4) is 11.8 Å². The van der Waals surface area contributed by atoms with Crippen molar-refractivity contribution in [1.82, 2.24) is 4.90 Å². The minimum absolute atomic E-state index is 0.530. The normalized spacial score (nSPS) is 22.4. The summed E-state index contributed by atoms with van der Waals surface area (Å²) in [5.74, 6) is 0.850. The summed E-state index contributed by atoms with van der Waals surface area (Å²) < 4.78 is 6.07. The van der Waals surface area contributed by atoms with Crippen molar-refractivity contribution >= 4 is 0 Å². The molecular formula is C23H26N2O. The van der Waals surface area contributed by atoms with E-state index < -0.39 is 5.41 Å². The zero-order chi connectivity index (χ0) is 17.8. The monoisotopic (exact) mass is 346 g/mol. The van der Waals surface area contributed by atoms with Gasteiger partial charge in [0.25, 0.3) is 0 Å². The van der Waals surface area contributed by atoms with Gasteiger partial charge in [0.1, 0.15) is 17.8 Å². The minimum Gasteiger partial charge on any atom is -0.489 e. The first-order chi connectivity index (χ1) is 12.8. The molecule has 0 radical (unpaired) electrons. The highest BCUT2D eigenvalue weighted by molar-refractivity contribution is 5.55. The van der Waals surface area contributed by atoms with Gasteiger partial charge in [-0.25, -0.2) is 0 Å². The van der Waals surface area contributed by atoms with Crippen LogP contribution in [-0.2, 0) is 12.0 Å². The van der Waals surface area contributed by atoms with E-state index in [1.165, 1.54) is 32.4 Å². The second-order valence-electron chi connectivity index (χ2n) is 7.46. The standard InChI is InChI=1S/C23H26N2O/c24-18-23(13-8-16-25-14-6-1-7-15-25)20-10-3-2-9-19(20)17-26-22-12-5-4-11-21(22)23/h2-5,9-12H,1,6-8,13-17H2. The van der Waals surface area contributed by atoms with Gasteiger partial charge in [0.15, 0.2) is 0 Å². The van der Waals surface area contributed by atoms with Gasteiger partial charge in [0.05, 0.1) is 6.07 Å². The van der Waals surface area contributed by atoms with E-state index in [4.69, 9.17) is 4.74 Å². The van der Waals surface area contributed by atoms with Crippen LogP contribution in [0, 0.1) is 11.3 Å². The predicted octanol–water partition coefficient (Wildman–Crippen LogP) is 4.65. The second-order valence-corrected chi connectivity index (χ2v) is 7.46. The average Bonchev–Trinajstić information content (AvgIpc) is 2.85. The summed E-state index contributed by atoms with van der Waals surface area (Å²) in [6.45, 7) is 4.02. The lowest BCUT2D eigenvalue weighted by atomic mass is 9.71. The third kappa shape index (κ3) is 3.10. The number of hydrogen-bond donors (Lipinski definition) is 0. The molecule has 1 fully saturated rings. The van der Waals surface area contributed by atoms with Crippen molar-refractivity contribution in [2.24, 2.45) is 0 Å². The fraction of sp³-hybridized carbons (Fsp3) is 0.435. The van der Waals surface area contributed by atoms with Gasteiger partial charge in [-0.1, -0.05) is 48.9 Å². The van der Waals surface area contributed by atoms with Crippen molar-refractivity contribution in [1.29, 1.82) is 5.26 Å². The third-order valence-electron chi connectivity index (χ3n) is 5.87. The van der Waals surface area contributed by atoms with Crippen molar-refractivity contribution in [2.45, 2.75) is 44.1 Å². The first-order valence-electron chi connectivity index (χ1n) is 9.78. The molecule has 1 saturated heterocycles. The first kappa shape index (κ1) is 17.1. The topological polar surface area (TPSA) is 36.3 Å². The van der Waals surface area contributed by atoms with Gasteiger partial charge in [-0.3, -0.25) is 0 Å². The maximum absolute atomic E-state index is 10.4. The molecule has 3 heteroatoms. The van der Waals surface area contributed by atoms with Crippen LogP contribution in [0.5, 0.6) is 5.75 Å². The summed E-state index contributed by atoms with van der Waals surface area (Å²) in [4.78, 5) is 2.56. The van der Waals surface area contributed by atoms with Crippen molar-refractivity contribution < 1.29 is 4.74 Å². The van der Waals surface area contributed by atoms with E-state index in [0.29, 0.717) is 6.61 Å². The van der Waals surface area contributed by atoms with E-state index in [1.807, 2.05) is 30.3 Å².